The summed E-state index contributed by atoms with van der Waals surface area (Å²) < 4.78 is 0. The third-order valence-electron chi connectivity index (χ3n) is 26.3. The van der Waals surface area contributed by atoms with Gasteiger partial charge < -0.3 is 0 Å². The van der Waals surface area contributed by atoms with Crippen molar-refractivity contribution in [1.29, 1.82) is 0 Å². The van der Waals surface area contributed by atoms with Crippen molar-refractivity contribution in [2.24, 2.45) is 0 Å². The Morgan fingerprint density at radius 2 is 0.284 bits per heavy atom. The normalized spacial score (nSPS) is 11.3. The van der Waals surface area contributed by atoms with Crippen molar-refractivity contribution in [2.45, 2.75) is 0 Å². The summed E-state index contributed by atoms with van der Waals surface area (Å²) in [6.07, 6.45) is 0. The van der Waals surface area contributed by atoms with E-state index in [1.807, 2.05) is 54.6 Å². The molecule has 0 spiro atoms. The van der Waals surface area contributed by atoms with E-state index in [4.69, 9.17) is 44.9 Å². The van der Waals surface area contributed by atoms with Gasteiger partial charge in [-0.1, -0.05) is 516 Å². The fourth-order valence-corrected chi connectivity index (χ4v) is 23.9. The molecule has 22 aromatic carbocycles. The summed E-state index contributed by atoms with van der Waals surface area (Å²) in [4.78, 5) is 45.3. The highest BCUT2D eigenvalue weighted by atomic mass is 28.3. The lowest BCUT2D eigenvalue weighted by atomic mass is 9.93. The van der Waals surface area contributed by atoms with Crippen LogP contribution in [0.25, 0.3) is 212 Å². The van der Waals surface area contributed by atoms with Gasteiger partial charge in [-0.3, -0.25) is 0 Å². The van der Waals surface area contributed by atoms with Crippen molar-refractivity contribution in [2.75, 3.05) is 0 Å². The molecule has 3 heterocycles. The second-order valence-electron chi connectivity index (χ2n) is 35.0. The zero-order chi connectivity index (χ0) is 94.0. The number of hydrogen-bond donors (Lipinski definition) is 0. The van der Waals surface area contributed by atoms with Gasteiger partial charge in [0, 0.05) is 50.1 Å². The van der Waals surface area contributed by atoms with E-state index in [1.165, 1.54) is 91.5 Å². The van der Waals surface area contributed by atoms with Crippen LogP contribution < -0.4 is 20.7 Å². The quantitative estimate of drug-likeness (QED) is 0.0470. The molecule has 0 radical (unpaired) electrons. The van der Waals surface area contributed by atoms with E-state index in [1.54, 1.807) is 0 Å². The Bertz CT molecular complexity index is 8530. The Balaban J connectivity index is 0.000000118. The molecule has 0 atom stereocenters. The predicted octanol–water partition coefficient (Wildman–Crippen LogP) is 30.1. The van der Waals surface area contributed by atoms with E-state index in [-0.39, 0.29) is 0 Å². The summed E-state index contributed by atoms with van der Waals surface area (Å²) in [5, 5.41) is 17.5. The second-order valence-corrected chi connectivity index (χ2v) is 38.8. The van der Waals surface area contributed by atoms with Crippen LogP contribution in [0.1, 0.15) is 0 Å². The molecule has 141 heavy (non-hydrogen) atoms. The van der Waals surface area contributed by atoms with Crippen LogP contribution in [0.4, 0.5) is 0 Å². The summed E-state index contributed by atoms with van der Waals surface area (Å²) in [7, 11) is -2.64. The number of benzene rings is 22. The molecule has 9 nitrogen and oxygen atoms in total. The molecule has 0 N–H and O–H groups in total. The molecule has 0 fully saturated rings. The van der Waals surface area contributed by atoms with Gasteiger partial charge in [0.15, 0.2) is 60.5 Å². The summed E-state index contributed by atoms with van der Waals surface area (Å²) in [5.41, 5.74) is 20.1. The van der Waals surface area contributed by atoms with Crippen LogP contribution in [0.3, 0.4) is 0 Å². The Hall–Kier alpha value is -18.6. The van der Waals surface area contributed by atoms with E-state index in [0.717, 1.165) is 88.8 Å². The smallest absolute Gasteiger partial charge is 0.179 e. The molecule has 662 valence electrons. The van der Waals surface area contributed by atoms with Crippen molar-refractivity contribution < 1.29 is 0 Å². The van der Waals surface area contributed by atoms with Gasteiger partial charge in [0.25, 0.3) is 0 Å². The summed E-state index contributed by atoms with van der Waals surface area (Å²) in [5.74, 6) is 5.83. The second kappa shape index (κ2) is 39.4. The first-order valence-corrected chi connectivity index (χ1v) is 49.5. The third kappa shape index (κ3) is 18.2. The lowest BCUT2D eigenvalue weighted by Gasteiger charge is -2.34. The Kier molecular flexibility index (Phi) is 24.2. The van der Waals surface area contributed by atoms with Crippen LogP contribution in [0, 0.1) is 0 Å². The van der Waals surface area contributed by atoms with Gasteiger partial charge >= 0.3 is 0 Å². The zero-order valence-electron chi connectivity index (χ0n) is 76.9. The van der Waals surface area contributed by atoms with Crippen molar-refractivity contribution in [3.8, 4) is 158 Å². The van der Waals surface area contributed by atoms with Crippen LogP contribution in [0.15, 0.2) is 540 Å². The van der Waals surface area contributed by atoms with E-state index < -0.39 is 8.07 Å². The van der Waals surface area contributed by atoms with Gasteiger partial charge in [0.05, 0.1) is 0 Å². The molecule has 0 aliphatic heterocycles. The fraction of sp³-hybridized carbons (Fsp3) is 0. The number of aromatic nitrogens is 9. The van der Waals surface area contributed by atoms with Crippen LogP contribution in [-0.2, 0) is 0 Å². The highest BCUT2D eigenvalue weighted by Crippen LogP contribution is 2.40. The van der Waals surface area contributed by atoms with Crippen molar-refractivity contribution in [3.63, 3.8) is 0 Å². The van der Waals surface area contributed by atoms with E-state index in [2.05, 4.69) is 485 Å². The first-order chi connectivity index (χ1) is 69.8. The molecular formula is C131H89N9Si. The molecule has 0 aliphatic rings. The minimum Gasteiger partial charge on any atom is -0.208 e. The van der Waals surface area contributed by atoms with Gasteiger partial charge in [-0.25, -0.2) is 44.9 Å². The summed E-state index contributed by atoms with van der Waals surface area (Å²) in [6.45, 7) is 0. The first kappa shape index (κ1) is 86.5. The van der Waals surface area contributed by atoms with Gasteiger partial charge in [0.1, 0.15) is 0 Å². The number of nitrogens with zero attached hydrogens (tertiary/aromatic N) is 9. The molecule has 25 aromatic rings. The van der Waals surface area contributed by atoms with Crippen molar-refractivity contribution in [3.05, 3.63) is 540 Å². The average molecular weight is 1820 g/mol. The molecule has 3 aromatic heterocycles. The lowest BCUT2D eigenvalue weighted by molar-refractivity contribution is 1.07. The molecule has 0 saturated heterocycles. The monoisotopic (exact) mass is 1820 g/mol. The SMILES string of the molecule is c1ccc(-c2ccc(-c3nc(-c4ccc(-c5ccccc5)cc4)nc(-c4ccc(-c5ccc6ccccc6c5)cc4)n3)cc2)cc1.c1ccc(-c2ccc(-c3nc(-c4ccccc4)nc(-c4ccc([Si](c5ccccc5)(c5ccccc5)c5ccccc5)cc4)n3)cc2)cc1.c1ccc(-c2cccc(-c3nc(-c4ccc5ccccc5c4)nc(-c4ccc5c6ccccc6c6ccccc6c5c4)n3)c2)cc1. The number of rotatable bonds is 18. The predicted molar refractivity (Wildman–Crippen MR) is 587 cm³/mol. The van der Waals surface area contributed by atoms with Crippen LogP contribution >= 0.6 is 0 Å². The molecule has 25 rings (SSSR count). The van der Waals surface area contributed by atoms with Crippen molar-refractivity contribution >= 4 is 82.7 Å². The number of hydrogen-bond acceptors (Lipinski definition) is 9. The standard InChI is InChI=1S/C45H33N3Si.C43H27N3.C43H29N3/c1-6-16-34(17-7-1)35-26-28-37(29-27-35)44-46-43(36-18-8-2-9-19-36)47-45(48-44)38-30-32-42(33-31-38)49(39-20-10-3-11-21-39,40-22-12-4-13-23-40)41-24-14-5-15-25-41;1-2-11-28(12-3-1)31-15-10-16-32(25-31)41-44-42(33-22-21-29-13-4-5-14-30(29)26-33)46-43(45-41)34-23-24-39-37-19-7-6-17-35(37)36-18-8-9-20-38(36)40(39)27-34;1-3-9-30(10-4-1)33-15-22-36(23-16-33)41-44-42(37-24-17-34(18-25-37)31-11-5-2-6-12-31)46-43(45-41)38-26-19-35(20-27-38)40-28-21-32-13-7-8-14-39(32)29-40/h1-33H;1-27H;1-29H. The largest absolute Gasteiger partial charge is 0.208 e. The van der Waals surface area contributed by atoms with Gasteiger partial charge in [-0.15, -0.1) is 0 Å². The Morgan fingerprint density at radius 1 is 0.0993 bits per heavy atom. The minimum absolute atomic E-state index is 0.643. The van der Waals surface area contributed by atoms with Crippen LogP contribution in [0.5, 0.6) is 0 Å². The Labute approximate surface area is 819 Å². The molecule has 0 saturated carbocycles. The maximum atomic E-state index is 5.12. The first-order valence-electron chi connectivity index (χ1n) is 47.5. The van der Waals surface area contributed by atoms with Crippen LogP contribution in [-0.4, -0.2) is 52.9 Å². The van der Waals surface area contributed by atoms with E-state index in [9.17, 15) is 0 Å². The molecular weight excluding hydrogens is 1730 g/mol. The summed E-state index contributed by atoms with van der Waals surface area (Å²) >= 11 is 0. The molecule has 0 aliphatic carbocycles. The lowest BCUT2D eigenvalue weighted by Crippen LogP contribution is -2.74. The zero-order valence-corrected chi connectivity index (χ0v) is 77.9. The van der Waals surface area contributed by atoms with Crippen molar-refractivity contribution in [1.82, 2.24) is 44.9 Å². The molecule has 0 bridgehead atoms. The topological polar surface area (TPSA) is 116 Å². The summed E-state index contributed by atoms with van der Waals surface area (Å²) in [6, 6.07) is 190. The average Bonchev–Trinajstić information content (AvgIpc) is 0.728. The maximum Gasteiger partial charge on any atom is 0.179 e. The highest BCUT2D eigenvalue weighted by molar-refractivity contribution is 7.19. The van der Waals surface area contributed by atoms with Gasteiger partial charge in [-0.05, 0) is 155 Å². The van der Waals surface area contributed by atoms with Gasteiger partial charge in [0.2, 0.25) is 0 Å². The maximum absolute atomic E-state index is 5.12. The van der Waals surface area contributed by atoms with Crippen LogP contribution in [0.2, 0.25) is 0 Å². The molecule has 0 amide bonds. The Morgan fingerprint density at radius 3 is 0.638 bits per heavy atom. The molecule has 0 unspecified atom stereocenters. The van der Waals surface area contributed by atoms with E-state index >= 15 is 0 Å². The third-order valence-corrected chi connectivity index (χ3v) is 31.1. The number of fused-ring (bicyclic) bond motifs is 8. The molecule has 10 heteroatoms. The highest BCUT2D eigenvalue weighted by Gasteiger charge is 2.41. The van der Waals surface area contributed by atoms with Gasteiger partial charge in [-0.2, -0.15) is 0 Å². The minimum atomic E-state index is -2.64. The fourth-order valence-electron chi connectivity index (χ4n) is 19.2. The van der Waals surface area contributed by atoms with E-state index in [0.29, 0.717) is 52.4 Å².